The molecule has 0 bridgehead atoms. The van der Waals surface area contributed by atoms with Crippen LogP contribution in [0.4, 0.5) is 0 Å². The minimum Gasteiger partial charge on any atom is -0.286 e. The third-order valence-corrected chi connectivity index (χ3v) is 3.07. The molecule has 0 saturated heterocycles. The predicted molar refractivity (Wildman–Crippen MR) is 71.3 cm³/mol. The van der Waals surface area contributed by atoms with Gasteiger partial charge in [0.05, 0.1) is 6.04 Å². The van der Waals surface area contributed by atoms with E-state index in [4.69, 9.17) is 5.21 Å². The molecule has 4 heteroatoms. The largest absolute Gasteiger partial charge is 0.286 e. The van der Waals surface area contributed by atoms with E-state index in [-0.39, 0.29) is 11.9 Å². The third-order valence-electron chi connectivity index (χ3n) is 2.17. The van der Waals surface area contributed by atoms with Crippen LogP contribution >= 0.6 is 11.3 Å². The zero-order valence-corrected chi connectivity index (χ0v) is 11.1. The van der Waals surface area contributed by atoms with Crippen LogP contribution in [0.2, 0.25) is 0 Å². The summed E-state index contributed by atoms with van der Waals surface area (Å²) in [5.41, 5.74) is 0. The smallest absolute Gasteiger partial charge is 0.243 e. The number of hydrogen-bond acceptors (Lipinski definition) is 3. The first-order valence-corrected chi connectivity index (χ1v) is 6.31. The summed E-state index contributed by atoms with van der Waals surface area (Å²) in [4.78, 5) is 10.3. The molecule has 2 rings (SSSR count). The van der Waals surface area contributed by atoms with E-state index in [2.05, 4.69) is 35.7 Å². The Morgan fingerprint density at radius 3 is 2.41 bits per heavy atom. The van der Waals surface area contributed by atoms with Crippen molar-refractivity contribution < 1.29 is 10.0 Å². The number of carbonyl (C=O) groups is 1. The minimum absolute atomic E-state index is 0.118. The van der Waals surface area contributed by atoms with Gasteiger partial charge in [-0.3, -0.25) is 10.0 Å². The Morgan fingerprint density at radius 2 is 1.94 bits per heavy atom. The minimum atomic E-state index is -0.319. The van der Waals surface area contributed by atoms with E-state index in [1.54, 1.807) is 25.2 Å². The van der Waals surface area contributed by atoms with Crippen molar-refractivity contribution >= 4 is 27.3 Å². The van der Waals surface area contributed by atoms with Gasteiger partial charge in [-0.2, -0.15) is 0 Å². The molecule has 0 aliphatic carbocycles. The van der Waals surface area contributed by atoms with E-state index >= 15 is 0 Å². The molecule has 92 valence electrons. The molecule has 1 aromatic carbocycles. The van der Waals surface area contributed by atoms with Crippen molar-refractivity contribution in [2.45, 2.75) is 26.8 Å². The maximum Gasteiger partial charge on any atom is 0.243 e. The van der Waals surface area contributed by atoms with E-state index < -0.39 is 0 Å². The Morgan fingerprint density at radius 1 is 1.29 bits per heavy atom. The van der Waals surface area contributed by atoms with E-state index in [0.29, 0.717) is 5.06 Å². The highest BCUT2D eigenvalue weighted by Gasteiger charge is 2.06. The number of rotatable bonds is 1. The molecule has 17 heavy (non-hydrogen) atoms. The molecule has 2 aromatic rings. The fourth-order valence-electron chi connectivity index (χ4n) is 1.27. The number of nitrogens with zero attached hydrogens (tertiary/aromatic N) is 1. The first-order chi connectivity index (χ1) is 8.02. The van der Waals surface area contributed by atoms with Gasteiger partial charge in [0.1, 0.15) is 0 Å². The van der Waals surface area contributed by atoms with Crippen molar-refractivity contribution in [3.63, 3.8) is 0 Å². The highest BCUT2D eigenvalue weighted by atomic mass is 32.1. The Kier molecular flexibility index (Phi) is 5.12. The Bertz CT molecular complexity index is 449. The van der Waals surface area contributed by atoms with Crippen LogP contribution < -0.4 is 0 Å². The molecule has 1 heterocycles. The molecule has 0 aliphatic heterocycles. The van der Waals surface area contributed by atoms with Crippen molar-refractivity contribution in [1.82, 2.24) is 5.06 Å². The molecular weight excluding hydrogens is 234 g/mol. The average Bonchev–Trinajstić information content (AvgIpc) is 2.76. The predicted octanol–water partition coefficient (Wildman–Crippen LogP) is 3.53. The van der Waals surface area contributed by atoms with Crippen LogP contribution in [-0.4, -0.2) is 22.2 Å². The van der Waals surface area contributed by atoms with Crippen molar-refractivity contribution in [2.24, 2.45) is 0 Å². The summed E-state index contributed by atoms with van der Waals surface area (Å²) in [5, 5.41) is 12.8. The van der Waals surface area contributed by atoms with Crippen LogP contribution in [0, 0.1) is 0 Å². The van der Waals surface area contributed by atoms with E-state index in [9.17, 15) is 4.79 Å². The van der Waals surface area contributed by atoms with Crippen molar-refractivity contribution in [2.75, 3.05) is 0 Å². The number of carbonyl (C=O) groups excluding carboxylic acids is 1. The lowest BCUT2D eigenvalue weighted by atomic mass is 10.3. The summed E-state index contributed by atoms with van der Waals surface area (Å²) in [5.74, 6) is -0.319. The molecule has 0 radical (unpaired) electrons. The van der Waals surface area contributed by atoms with Gasteiger partial charge >= 0.3 is 0 Å². The van der Waals surface area contributed by atoms with E-state index in [1.807, 2.05) is 0 Å². The van der Waals surface area contributed by atoms with Crippen LogP contribution in [0.15, 0.2) is 35.7 Å². The first kappa shape index (κ1) is 13.7. The van der Waals surface area contributed by atoms with Gasteiger partial charge in [0.2, 0.25) is 5.91 Å². The summed E-state index contributed by atoms with van der Waals surface area (Å²) in [7, 11) is 0. The number of hydrogen-bond donors (Lipinski definition) is 1. The zero-order valence-electron chi connectivity index (χ0n) is 10.3. The molecule has 0 spiro atoms. The number of amides is 1. The van der Waals surface area contributed by atoms with Gasteiger partial charge in [-0.05, 0) is 36.7 Å². The van der Waals surface area contributed by atoms with E-state index in [1.165, 1.54) is 17.0 Å². The van der Waals surface area contributed by atoms with Gasteiger partial charge in [-0.1, -0.05) is 18.2 Å². The Balaban J connectivity index is 0.000000172. The summed E-state index contributed by atoms with van der Waals surface area (Å²) < 4.78 is 1.37. The van der Waals surface area contributed by atoms with Gasteiger partial charge in [0.15, 0.2) is 0 Å². The second kappa shape index (κ2) is 6.37. The number of fused-ring (bicyclic) bond motifs is 1. The van der Waals surface area contributed by atoms with Crippen LogP contribution in [0.3, 0.4) is 0 Å². The first-order valence-electron chi connectivity index (χ1n) is 5.43. The molecule has 3 nitrogen and oxygen atoms in total. The fourth-order valence-corrected chi connectivity index (χ4v) is 2.06. The average molecular weight is 251 g/mol. The molecule has 0 aliphatic rings. The topological polar surface area (TPSA) is 40.5 Å². The fraction of sp³-hybridized carbons (Fsp3) is 0.308. The lowest BCUT2D eigenvalue weighted by Gasteiger charge is -2.15. The molecule has 0 saturated carbocycles. The SMILES string of the molecule is CC(=O)N(O)C(C)C.c1ccc2sccc2c1. The normalized spacial score (nSPS) is 9.94. The van der Waals surface area contributed by atoms with Crippen LogP contribution in [0.25, 0.3) is 10.1 Å². The number of hydroxylamine groups is 2. The van der Waals surface area contributed by atoms with Crippen molar-refractivity contribution in [3.05, 3.63) is 35.7 Å². The molecule has 0 unspecified atom stereocenters. The highest BCUT2D eigenvalue weighted by molar-refractivity contribution is 7.17. The van der Waals surface area contributed by atoms with Crippen molar-refractivity contribution in [1.29, 1.82) is 0 Å². The highest BCUT2D eigenvalue weighted by Crippen LogP contribution is 2.18. The second-order valence-corrected chi connectivity index (χ2v) is 4.86. The molecule has 0 atom stereocenters. The van der Waals surface area contributed by atoms with Gasteiger partial charge in [0.25, 0.3) is 0 Å². The molecule has 1 amide bonds. The summed E-state index contributed by atoms with van der Waals surface area (Å²) in [6, 6.07) is 10.4. The summed E-state index contributed by atoms with van der Waals surface area (Å²) >= 11 is 1.79. The van der Waals surface area contributed by atoms with Gasteiger partial charge in [-0.25, -0.2) is 5.06 Å². The lowest BCUT2D eigenvalue weighted by molar-refractivity contribution is -0.170. The molecule has 1 aromatic heterocycles. The lowest BCUT2D eigenvalue weighted by Crippen LogP contribution is -2.31. The monoisotopic (exact) mass is 251 g/mol. The van der Waals surface area contributed by atoms with Crippen LogP contribution in [0.5, 0.6) is 0 Å². The number of thiophene rings is 1. The van der Waals surface area contributed by atoms with Crippen LogP contribution in [0.1, 0.15) is 20.8 Å². The number of benzene rings is 1. The maximum atomic E-state index is 10.3. The van der Waals surface area contributed by atoms with Gasteiger partial charge in [-0.15, -0.1) is 11.3 Å². The Labute approximate surface area is 105 Å². The van der Waals surface area contributed by atoms with Crippen LogP contribution in [-0.2, 0) is 4.79 Å². The van der Waals surface area contributed by atoms with Gasteiger partial charge in [0, 0.05) is 11.6 Å². The van der Waals surface area contributed by atoms with Crippen molar-refractivity contribution in [3.8, 4) is 0 Å². The molecular formula is C13H17NO2S. The standard InChI is InChI=1S/C8H6S.C5H11NO2/c1-2-4-8-7(3-1)5-6-9-8;1-4(2)6(8)5(3)7/h1-6H;4,8H,1-3H3. The third kappa shape index (κ3) is 4.17. The molecule has 0 fully saturated rings. The maximum absolute atomic E-state index is 10.3. The molecule has 1 N–H and O–H groups in total. The quantitative estimate of drug-likeness (QED) is 0.622. The Hall–Kier alpha value is -1.39. The summed E-state index contributed by atoms with van der Waals surface area (Å²) in [6.45, 7) is 4.79. The van der Waals surface area contributed by atoms with E-state index in [0.717, 1.165) is 0 Å². The van der Waals surface area contributed by atoms with Gasteiger partial charge < -0.3 is 0 Å². The second-order valence-electron chi connectivity index (χ2n) is 3.92. The zero-order chi connectivity index (χ0) is 12.8. The summed E-state index contributed by atoms with van der Waals surface area (Å²) in [6.07, 6.45) is 0.